The fourth-order valence-electron chi connectivity index (χ4n) is 4.22. The summed E-state index contributed by atoms with van der Waals surface area (Å²) in [5.41, 5.74) is 1.14. The third kappa shape index (κ3) is 3.50. The molecule has 0 aromatic carbocycles. The Labute approximate surface area is 185 Å². The molecule has 168 valence electrons. The van der Waals surface area contributed by atoms with Crippen molar-refractivity contribution in [1.82, 2.24) is 24.5 Å². The van der Waals surface area contributed by atoms with Gasteiger partial charge in [0, 0.05) is 32.5 Å². The van der Waals surface area contributed by atoms with Crippen LogP contribution in [0.4, 0.5) is 17.3 Å². The SMILES string of the molecule is CNc1cc(Nc2cccn(C3CCC3)c2=O)nc2c(C(=O)N[C@H]3CC[C@@H]3OC)cnn12. The van der Waals surface area contributed by atoms with Gasteiger partial charge in [-0.15, -0.1) is 0 Å². The summed E-state index contributed by atoms with van der Waals surface area (Å²) >= 11 is 0. The average Bonchev–Trinajstić information content (AvgIpc) is 3.16. The highest BCUT2D eigenvalue weighted by molar-refractivity contribution is 6.00. The number of nitrogens with one attached hydrogen (secondary N) is 3. The van der Waals surface area contributed by atoms with Crippen molar-refractivity contribution in [1.29, 1.82) is 0 Å². The van der Waals surface area contributed by atoms with E-state index in [9.17, 15) is 9.59 Å². The Morgan fingerprint density at radius 3 is 2.75 bits per heavy atom. The van der Waals surface area contributed by atoms with E-state index in [0.717, 1.165) is 32.1 Å². The van der Waals surface area contributed by atoms with Crippen LogP contribution in [0.25, 0.3) is 5.65 Å². The number of carbonyl (C=O) groups excluding carboxylic acids is 1. The molecule has 2 atom stereocenters. The van der Waals surface area contributed by atoms with Crippen LogP contribution in [0.1, 0.15) is 48.5 Å². The average molecular weight is 438 g/mol. The minimum atomic E-state index is -0.245. The molecule has 3 N–H and O–H groups in total. The van der Waals surface area contributed by atoms with Crippen LogP contribution in [-0.4, -0.2) is 51.4 Å². The molecule has 0 bridgehead atoms. The molecule has 0 spiro atoms. The predicted molar refractivity (Wildman–Crippen MR) is 121 cm³/mol. The van der Waals surface area contributed by atoms with Crippen LogP contribution in [0.5, 0.6) is 0 Å². The van der Waals surface area contributed by atoms with Gasteiger partial charge in [-0.3, -0.25) is 9.59 Å². The summed E-state index contributed by atoms with van der Waals surface area (Å²) in [7, 11) is 3.42. The third-order valence-electron chi connectivity index (χ3n) is 6.51. The van der Waals surface area contributed by atoms with Crippen molar-refractivity contribution >= 4 is 28.9 Å². The maximum Gasteiger partial charge on any atom is 0.274 e. The first-order valence-electron chi connectivity index (χ1n) is 11.0. The number of aromatic nitrogens is 4. The van der Waals surface area contributed by atoms with E-state index in [0.29, 0.717) is 28.5 Å². The van der Waals surface area contributed by atoms with Gasteiger partial charge in [0.1, 0.15) is 22.9 Å². The van der Waals surface area contributed by atoms with Crippen LogP contribution in [0.15, 0.2) is 35.4 Å². The molecule has 2 saturated carbocycles. The van der Waals surface area contributed by atoms with Crippen LogP contribution in [0.3, 0.4) is 0 Å². The summed E-state index contributed by atoms with van der Waals surface area (Å²) in [5.74, 6) is 0.856. The molecule has 0 saturated heterocycles. The Balaban J connectivity index is 1.46. The Morgan fingerprint density at radius 2 is 2.09 bits per heavy atom. The minimum Gasteiger partial charge on any atom is -0.379 e. The Morgan fingerprint density at radius 1 is 1.25 bits per heavy atom. The molecule has 0 unspecified atom stereocenters. The summed E-state index contributed by atoms with van der Waals surface area (Å²) in [6.07, 6.45) is 8.39. The van der Waals surface area contributed by atoms with Crippen molar-refractivity contribution in [2.24, 2.45) is 0 Å². The first-order valence-corrected chi connectivity index (χ1v) is 11.0. The molecule has 2 aliphatic carbocycles. The monoisotopic (exact) mass is 437 g/mol. The number of amides is 1. The molecule has 2 fully saturated rings. The smallest absolute Gasteiger partial charge is 0.274 e. The zero-order valence-corrected chi connectivity index (χ0v) is 18.2. The molecule has 32 heavy (non-hydrogen) atoms. The van der Waals surface area contributed by atoms with Crippen LogP contribution >= 0.6 is 0 Å². The molecule has 5 rings (SSSR count). The fraction of sp³-hybridized carbons (Fsp3) is 0.455. The number of nitrogens with zero attached hydrogens (tertiary/aromatic N) is 4. The lowest BCUT2D eigenvalue weighted by Crippen LogP contribution is -2.51. The van der Waals surface area contributed by atoms with Gasteiger partial charge < -0.3 is 25.3 Å². The molecule has 10 nitrogen and oxygen atoms in total. The number of methoxy groups -OCH3 is 1. The van der Waals surface area contributed by atoms with Crippen LogP contribution in [0, 0.1) is 0 Å². The first-order chi connectivity index (χ1) is 15.6. The van der Waals surface area contributed by atoms with Crippen LogP contribution in [-0.2, 0) is 4.74 Å². The second-order valence-electron chi connectivity index (χ2n) is 8.35. The van der Waals surface area contributed by atoms with E-state index in [-0.39, 0.29) is 29.7 Å². The van der Waals surface area contributed by atoms with Gasteiger partial charge in [0.25, 0.3) is 11.5 Å². The second-order valence-corrected chi connectivity index (χ2v) is 8.35. The summed E-state index contributed by atoms with van der Waals surface area (Å²) in [6, 6.07) is 5.62. The molecule has 1 amide bonds. The van der Waals surface area contributed by atoms with Gasteiger partial charge in [-0.25, -0.2) is 4.98 Å². The van der Waals surface area contributed by atoms with Crippen LogP contribution in [0.2, 0.25) is 0 Å². The molecule has 3 aromatic heterocycles. The normalized spacial score (nSPS) is 20.4. The van der Waals surface area contributed by atoms with E-state index < -0.39 is 0 Å². The number of hydrogen-bond acceptors (Lipinski definition) is 7. The van der Waals surface area contributed by atoms with Gasteiger partial charge >= 0.3 is 0 Å². The number of pyridine rings is 1. The van der Waals surface area contributed by atoms with Crippen molar-refractivity contribution < 1.29 is 9.53 Å². The van der Waals surface area contributed by atoms with Crippen molar-refractivity contribution in [2.45, 2.75) is 50.3 Å². The molecule has 3 aromatic rings. The maximum absolute atomic E-state index is 12.9. The van der Waals surface area contributed by atoms with E-state index in [1.54, 1.807) is 35.4 Å². The number of anilines is 3. The number of carbonyl (C=O) groups is 1. The largest absolute Gasteiger partial charge is 0.379 e. The summed E-state index contributed by atoms with van der Waals surface area (Å²) < 4.78 is 8.73. The zero-order valence-electron chi connectivity index (χ0n) is 18.2. The van der Waals surface area contributed by atoms with Gasteiger partial charge in [0.15, 0.2) is 5.65 Å². The van der Waals surface area contributed by atoms with Crippen molar-refractivity contribution in [3.05, 3.63) is 46.5 Å². The molecule has 0 aliphatic heterocycles. The summed E-state index contributed by atoms with van der Waals surface area (Å²) in [5, 5.41) is 13.6. The highest BCUT2D eigenvalue weighted by atomic mass is 16.5. The Hall–Kier alpha value is -3.40. The lowest BCUT2D eigenvalue weighted by atomic mass is 9.89. The number of rotatable bonds is 7. The standard InChI is InChI=1S/C22H27N7O3/c1-23-19-11-18(25-16-7-4-10-28(22(16)31)13-5-3-6-13)27-20-14(12-24-29(19)20)21(30)26-15-8-9-17(15)32-2/h4,7,10-13,15,17,23H,3,5-6,8-9H2,1-2H3,(H,25,27)(H,26,30)/t15-,17-/m0/s1. The Kier molecular flexibility index (Phi) is 5.30. The van der Waals surface area contributed by atoms with Gasteiger partial charge in [0.2, 0.25) is 0 Å². The third-order valence-corrected chi connectivity index (χ3v) is 6.51. The molecule has 3 heterocycles. The quantitative estimate of drug-likeness (QED) is 0.520. The predicted octanol–water partition coefficient (Wildman–Crippen LogP) is 2.31. The second kappa shape index (κ2) is 8.27. The summed E-state index contributed by atoms with van der Waals surface area (Å²) in [6.45, 7) is 0. The number of hydrogen-bond donors (Lipinski definition) is 3. The van der Waals surface area contributed by atoms with Gasteiger partial charge in [-0.2, -0.15) is 9.61 Å². The fourth-order valence-corrected chi connectivity index (χ4v) is 4.22. The molecule has 0 radical (unpaired) electrons. The van der Waals surface area contributed by atoms with E-state index in [1.165, 1.54) is 6.20 Å². The van der Waals surface area contributed by atoms with E-state index in [4.69, 9.17) is 4.74 Å². The highest BCUT2D eigenvalue weighted by Gasteiger charge is 2.33. The first kappa shape index (κ1) is 20.5. The van der Waals surface area contributed by atoms with Crippen molar-refractivity contribution in [3.8, 4) is 0 Å². The van der Waals surface area contributed by atoms with Crippen molar-refractivity contribution in [3.63, 3.8) is 0 Å². The minimum absolute atomic E-state index is 0.0122. The zero-order chi connectivity index (χ0) is 22.2. The summed E-state index contributed by atoms with van der Waals surface area (Å²) in [4.78, 5) is 30.5. The van der Waals surface area contributed by atoms with Gasteiger partial charge in [0.05, 0.1) is 18.3 Å². The van der Waals surface area contributed by atoms with E-state index >= 15 is 0 Å². The van der Waals surface area contributed by atoms with Gasteiger partial charge in [-0.05, 0) is 44.2 Å². The lowest BCUT2D eigenvalue weighted by molar-refractivity contribution is 0.00732. The number of ether oxygens (including phenoxy) is 1. The maximum atomic E-state index is 12.9. The van der Waals surface area contributed by atoms with E-state index in [2.05, 4.69) is 26.0 Å². The Bertz CT molecular complexity index is 1210. The highest BCUT2D eigenvalue weighted by Crippen LogP contribution is 2.30. The topological polar surface area (TPSA) is 115 Å². The molecule has 2 aliphatic rings. The molecular weight excluding hydrogens is 410 g/mol. The lowest BCUT2D eigenvalue weighted by Gasteiger charge is -2.35. The molecular formula is C22H27N7O3. The molecule has 10 heteroatoms. The van der Waals surface area contributed by atoms with E-state index in [1.807, 2.05) is 12.3 Å². The van der Waals surface area contributed by atoms with Crippen molar-refractivity contribution in [2.75, 3.05) is 24.8 Å². The van der Waals surface area contributed by atoms with Crippen LogP contribution < -0.4 is 21.5 Å². The number of fused-ring (bicyclic) bond motifs is 1. The van der Waals surface area contributed by atoms with Gasteiger partial charge in [-0.1, -0.05) is 0 Å².